The van der Waals surface area contributed by atoms with Gasteiger partial charge in [-0.3, -0.25) is 0 Å². The van der Waals surface area contributed by atoms with E-state index < -0.39 is 0 Å². The first-order valence-corrected chi connectivity index (χ1v) is 3.68. The Kier molecular flexibility index (Phi) is 9.85. The summed E-state index contributed by atoms with van der Waals surface area (Å²) in [6.45, 7) is 2.69. The molecule has 11 heavy (non-hydrogen) atoms. The largest absolute Gasteiger partial charge is 0.314 e. The molecule has 1 heterocycles. The molecule has 1 fully saturated rings. The molecule has 65 valence electrons. The van der Waals surface area contributed by atoms with Crippen LogP contribution in [0.25, 0.3) is 0 Å². The summed E-state index contributed by atoms with van der Waals surface area (Å²) in [5, 5.41) is 10.3. The molecule has 0 aromatic heterocycles. The van der Waals surface area contributed by atoms with E-state index in [9.17, 15) is 0 Å². The summed E-state index contributed by atoms with van der Waals surface area (Å²) >= 11 is 0. The third-order valence-corrected chi connectivity index (χ3v) is 1.68. The molecule has 0 amide bonds. The maximum Gasteiger partial charge on any atom is 0.0528 e. The van der Waals surface area contributed by atoms with Crippen LogP contribution in [0.4, 0.5) is 0 Å². The Morgan fingerprint density at radius 2 is 1.64 bits per heavy atom. The minimum atomic E-state index is 0. The first-order valence-electron chi connectivity index (χ1n) is 3.68. The molecule has 1 aliphatic rings. The molecule has 0 aromatic carbocycles. The van der Waals surface area contributed by atoms with Crippen molar-refractivity contribution in [2.75, 3.05) is 6.54 Å². The van der Waals surface area contributed by atoms with Gasteiger partial charge in [-0.05, 0) is 12.8 Å². The van der Waals surface area contributed by atoms with Crippen LogP contribution in [-0.2, 0) is 0 Å². The Labute approximate surface area is 71.2 Å². The zero-order valence-electron chi connectivity index (χ0n) is 7.13. The zero-order valence-corrected chi connectivity index (χ0v) is 7.13. The van der Waals surface area contributed by atoms with Crippen LogP contribution in [0.2, 0.25) is 0 Å². The van der Waals surface area contributed by atoms with Crippen molar-refractivity contribution in [2.45, 2.75) is 32.1 Å². The fourth-order valence-corrected chi connectivity index (χ4v) is 1.10. The van der Waals surface area contributed by atoms with Gasteiger partial charge in [-0.1, -0.05) is 34.1 Å². The van der Waals surface area contributed by atoms with Crippen LogP contribution in [-0.4, -0.2) is 16.8 Å². The molecule has 5 radical (unpaired) electrons. The maximum absolute atomic E-state index is 8.99. The topological polar surface area (TPSA) is 23.5 Å². The number of rotatable bonds is 0. The summed E-state index contributed by atoms with van der Waals surface area (Å²) in [5.41, 5.74) is 0. The van der Waals surface area contributed by atoms with Crippen molar-refractivity contribution in [1.82, 2.24) is 5.06 Å². The Morgan fingerprint density at radius 1 is 1.00 bits per heavy atom. The lowest BCUT2D eigenvalue weighted by Crippen LogP contribution is -2.18. The van der Waals surface area contributed by atoms with Gasteiger partial charge in [0.15, 0.2) is 0 Å². The fraction of sp³-hybridized carbons (Fsp3) is 0.667. The fourth-order valence-electron chi connectivity index (χ4n) is 1.10. The molecule has 1 rings (SSSR count). The van der Waals surface area contributed by atoms with Crippen LogP contribution in [0.15, 0.2) is 0 Å². The highest BCUT2D eigenvalue weighted by atomic mass is 16.5. The molecular weight excluding hydrogens is 138 g/mol. The highest BCUT2D eigenvalue weighted by molar-refractivity contribution is 4.63. The Bertz CT molecular complexity index is 68.0. The lowest BCUT2D eigenvalue weighted by atomic mass is 10.1. The van der Waals surface area contributed by atoms with Gasteiger partial charge < -0.3 is 5.21 Å². The van der Waals surface area contributed by atoms with Crippen LogP contribution in [0.5, 0.6) is 0 Å². The molecule has 1 saturated heterocycles. The third kappa shape index (κ3) is 6.32. The molecule has 0 saturated carbocycles. The van der Waals surface area contributed by atoms with Crippen molar-refractivity contribution >= 4 is 0 Å². The lowest BCUT2D eigenvalue weighted by molar-refractivity contribution is -0.0672. The molecule has 2 nitrogen and oxygen atoms in total. The minimum Gasteiger partial charge on any atom is -0.314 e. The average molecular weight is 156 g/mol. The van der Waals surface area contributed by atoms with Gasteiger partial charge in [0, 0.05) is 6.54 Å². The lowest BCUT2D eigenvalue weighted by Gasteiger charge is -2.16. The molecule has 1 aliphatic heterocycles. The predicted molar refractivity (Wildman–Crippen MR) is 46.6 cm³/mol. The SMILES string of the molecule is ON1[CH]CCCCCC1.[CH2].[CH2]. The second kappa shape index (κ2) is 8.02. The number of hydrogen-bond acceptors (Lipinski definition) is 2. The summed E-state index contributed by atoms with van der Waals surface area (Å²) < 4.78 is 0. The molecule has 2 heteroatoms. The second-order valence-electron chi connectivity index (χ2n) is 2.55. The van der Waals surface area contributed by atoms with E-state index in [0.717, 1.165) is 19.4 Å². The van der Waals surface area contributed by atoms with E-state index in [2.05, 4.69) is 0 Å². The molecule has 0 bridgehead atoms. The van der Waals surface area contributed by atoms with E-state index in [0.29, 0.717) is 0 Å². The van der Waals surface area contributed by atoms with E-state index >= 15 is 0 Å². The standard InChI is InChI=1S/C7H14NO.2CH2/c9-8-6-4-2-1-3-5-7-8;;/h6,9H,1-5,7H2;2*1H2. The molecule has 1 N–H and O–H groups in total. The Balaban J connectivity index is 0. The number of hydroxylamine groups is 2. The van der Waals surface area contributed by atoms with E-state index in [4.69, 9.17) is 5.21 Å². The van der Waals surface area contributed by atoms with Crippen LogP contribution in [0.3, 0.4) is 0 Å². The quantitative estimate of drug-likeness (QED) is 0.582. The van der Waals surface area contributed by atoms with Gasteiger partial charge >= 0.3 is 0 Å². The van der Waals surface area contributed by atoms with Crippen molar-refractivity contribution in [3.8, 4) is 0 Å². The average Bonchev–Trinajstić information content (AvgIpc) is 1.79. The summed E-state index contributed by atoms with van der Waals surface area (Å²) in [7, 11) is 0. The monoisotopic (exact) mass is 156 g/mol. The van der Waals surface area contributed by atoms with Crippen LogP contribution in [0, 0.1) is 21.4 Å². The number of hydrogen-bond donors (Lipinski definition) is 1. The molecule has 0 aliphatic carbocycles. The molecule has 0 aromatic rings. The predicted octanol–water partition coefficient (Wildman–Crippen LogP) is 2.46. The first kappa shape index (κ1) is 13.5. The van der Waals surface area contributed by atoms with Gasteiger partial charge in [0.25, 0.3) is 0 Å². The van der Waals surface area contributed by atoms with Crippen molar-refractivity contribution in [3.05, 3.63) is 21.4 Å². The van der Waals surface area contributed by atoms with Crippen molar-refractivity contribution in [2.24, 2.45) is 0 Å². The normalized spacial score (nSPS) is 20.5. The van der Waals surface area contributed by atoms with Crippen molar-refractivity contribution in [1.29, 1.82) is 0 Å². The maximum atomic E-state index is 8.99. The zero-order chi connectivity index (χ0) is 6.53. The van der Waals surface area contributed by atoms with E-state index in [-0.39, 0.29) is 14.9 Å². The smallest absolute Gasteiger partial charge is 0.0528 e. The highest BCUT2D eigenvalue weighted by Crippen LogP contribution is 2.10. The molecule has 0 spiro atoms. The summed E-state index contributed by atoms with van der Waals surface area (Å²) in [5.74, 6) is 0. The summed E-state index contributed by atoms with van der Waals surface area (Å²) in [4.78, 5) is 0. The van der Waals surface area contributed by atoms with Crippen molar-refractivity contribution < 1.29 is 5.21 Å². The molecular formula is C9H18NO. The number of nitrogens with zero attached hydrogens (tertiary/aromatic N) is 1. The van der Waals surface area contributed by atoms with Gasteiger partial charge in [0.2, 0.25) is 0 Å². The van der Waals surface area contributed by atoms with Gasteiger partial charge in [-0.15, -0.1) is 0 Å². The molecule has 0 unspecified atom stereocenters. The van der Waals surface area contributed by atoms with Gasteiger partial charge in [-0.25, -0.2) is 0 Å². The van der Waals surface area contributed by atoms with Crippen molar-refractivity contribution in [3.63, 3.8) is 0 Å². The first-order chi connectivity index (χ1) is 4.39. The Morgan fingerprint density at radius 3 is 2.36 bits per heavy atom. The van der Waals surface area contributed by atoms with E-state index in [1.165, 1.54) is 24.3 Å². The molecule has 0 atom stereocenters. The van der Waals surface area contributed by atoms with Crippen LogP contribution in [0.1, 0.15) is 32.1 Å². The van der Waals surface area contributed by atoms with E-state index in [1.807, 2.05) is 6.54 Å². The van der Waals surface area contributed by atoms with Crippen LogP contribution >= 0.6 is 0 Å². The Hall–Kier alpha value is -0.0800. The summed E-state index contributed by atoms with van der Waals surface area (Å²) in [6, 6.07) is 0. The van der Waals surface area contributed by atoms with E-state index in [1.54, 1.807) is 0 Å². The third-order valence-electron chi connectivity index (χ3n) is 1.68. The highest BCUT2D eigenvalue weighted by Gasteiger charge is 2.03. The van der Waals surface area contributed by atoms with Crippen LogP contribution < -0.4 is 0 Å². The minimum absolute atomic E-state index is 0. The van der Waals surface area contributed by atoms with Gasteiger partial charge in [0.05, 0.1) is 6.54 Å². The van der Waals surface area contributed by atoms with Gasteiger partial charge in [-0.2, -0.15) is 5.06 Å². The summed E-state index contributed by atoms with van der Waals surface area (Å²) in [6.07, 6.45) is 6.00. The van der Waals surface area contributed by atoms with Gasteiger partial charge in [0.1, 0.15) is 0 Å². The second-order valence-corrected chi connectivity index (χ2v) is 2.55.